The molecule has 0 bridgehead atoms. The topological polar surface area (TPSA) is 12.0 Å². The third-order valence-corrected chi connectivity index (χ3v) is 3.11. The molecule has 1 aliphatic heterocycles. The number of benzene rings is 1. The van der Waals surface area contributed by atoms with Crippen LogP contribution in [0.15, 0.2) is 24.3 Å². The molecule has 1 heterocycles. The van der Waals surface area contributed by atoms with E-state index in [1.54, 1.807) is 0 Å². The van der Waals surface area contributed by atoms with Crippen molar-refractivity contribution < 1.29 is 0 Å². The molecule has 2 rings (SSSR count). The molecule has 14 heavy (non-hydrogen) atoms. The SMILES string of the molecule is CCCC1Cc2ccccc2C(C)N1. The van der Waals surface area contributed by atoms with Crippen LogP contribution in [0.2, 0.25) is 0 Å². The summed E-state index contributed by atoms with van der Waals surface area (Å²) >= 11 is 0. The summed E-state index contributed by atoms with van der Waals surface area (Å²) in [6.45, 7) is 4.52. The summed E-state index contributed by atoms with van der Waals surface area (Å²) in [5.41, 5.74) is 3.03. The molecule has 0 amide bonds. The Morgan fingerprint density at radius 2 is 2.14 bits per heavy atom. The van der Waals surface area contributed by atoms with Crippen LogP contribution in [0.1, 0.15) is 43.9 Å². The van der Waals surface area contributed by atoms with Crippen LogP contribution in [0.3, 0.4) is 0 Å². The lowest BCUT2D eigenvalue weighted by Crippen LogP contribution is -2.38. The third-order valence-electron chi connectivity index (χ3n) is 3.11. The van der Waals surface area contributed by atoms with E-state index in [2.05, 4.69) is 43.4 Å². The van der Waals surface area contributed by atoms with Gasteiger partial charge in [-0.15, -0.1) is 0 Å². The summed E-state index contributed by atoms with van der Waals surface area (Å²) < 4.78 is 0. The fourth-order valence-corrected chi connectivity index (χ4v) is 2.44. The average molecular weight is 189 g/mol. The first-order chi connectivity index (χ1) is 6.81. The maximum Gasteiger partial charge on any atom is 0.0297 e. The Kier molecular flexibility index (Phi) is 2.87. The molecule has 0 spiro atoms. The monoisotopic (exact) mass is 189 g/mol. The minimum absolute atomic E-state index is 0.525. The van der Waals surface area contributed by atoms with Gasteiger partial charge in [-0.05, 0) is 30.9 Å². The smallest absolute Gasteiger partial charge is 0.0297 e. The van der Waals surface area contributed by atoms with E-state index in [9.17, 15) is 0 Å². The fourth-order valence-electron chi connectivity index (χ4n) is 2.44. The van der Waals surface area contributed by atoms with Gasteiger partial charge in [-0.25, -0.2) is 0 Å². The summed E-state index contributed by atoms with van der Waals surface area (Å²) in [7, 11) is 0. The van der Waals surface area contributed by atoms with Gasteiger partial charge in [0, 0.05) is 12.1 Å². The Morgan fingerprint density at radius 3 is 2.93 bits per heavy atom. The lowest BCUT2D eigenvalue weighted by molar-refractivity contribution is 0.398. The summed E-state index contributed by atoms with van der Waals surface area (Å²) in [4.78, 5) is 0. The second kappa shape index (κ2) is 4.14. The highest BCUT2D eigenvalue weighted by Gasteiger charge is 2.21. The maximum absolute atomic E-state index is 3.67. The predicted octanol–water partition coefficient (Wildman–Crippen LogP) is 3.06. The molecule has 0 saturated carbocycles. The standard InChI is InChI=1S/C13H19N/c1-3-6-12-9-11-7-4-5-8-13(11)10(2)14-12/h4-5,7-8,10,12,14H,3,6,9H2,1-2H3. The molecule has 1 N–H and O–H groups in total. The Bertz CT molecular complexity index is 306. The van der Waals surface area contributed by atoms with Crippen LogP contribution in [0, 0.1) is 0 Å². The highest BCUT2D eigenvalue weighted by Crippen LogP contribution is 2.25. The molecular formula is C13H19N. The van der Waals surface area contributed by atoms with Gasteiger partial charge in [0.25, 0.3) is 0 Å². The van der Waals surface area contributed by atoms with Gasteiger partial charge < -0.3 is 5.32 Å². The molecule has 1 aliphatic rings. The van der Waals surface area contributed by atoms with Crippen molar-refractivity contribution in [3.63, 3.8) is 0 Å². The number of rotatable bonds is 2. The second-order valence-electron chi connectivity index (χ2n) is 4.28. The minimum Gasteiger partial charge on any atom is -0.307 e. The Labute approximate surface area is 86.5 Å². The van der Waals surface area contributed by atoms with E-state index in [1.165, 1.54) is 30.4 Å². The molecule has 2 atom stereocenters. The van der Waals surface area contributed by atoms with E-state index in [0.29, 0.717) is 12.1 Å². The van der Waals surface area contributed by atoms with Crippen molar-refractivity contribution >= 4 is 0 Å². The zero-order chi connectivity index (χ0) is 9.97. The highest BCUT2D eigenvalue weighted by molar-refractivity contribution is 5.32. The predicted molar refractivity (Wildman–Crippen MR) is 60.4 cm³/mol. The molecule has 1 aromatic rings. The Hall–Kier alpha value is -0.820. The Morgan fingerprint density at radius 1 is 1.36 bits per heavy atom. The van der Waals surface area contributed by atoms with Gasteiger partial charge in [-0.1, -0.05) is 37.6 Å². The van der Waals surface area contributed by atoms with Crippen LogP contribution in [-0.2, 0) is 6.42 Å². The van der Waals surface area contributed by atoms with Gasteiger partial charge in [-0.3, -0.25) is 0 Å². The van der Waals surface area contributed by atoms with E-state index in [0.717, 1.165) is 0 Å². The molecule has 1 aromatic carbocycles. The molecule has 0 aromatic heterocycles. The van der Waals surface area contributed by atoms with Crippen LogP contribution in [0.5, 0.6) is 0 Å². The largest absolute Gasteiger partial charge is 0.307 e. The number of hydrogen-bond donors (Lipinski definition) is 1. The zero-order valence-electron chi connectivity index (χ0n) is 9.09. The van der Waals surface area contributed by atoms with E-state index >= 15 is 0 Å². The maximum atomic E-state index is 3.67. The molecule has 1 heteroatoms. The van der Waals surface area contributed by atoms with E-state index < -0.39 is 0 Å². The van der Waals surface area contributed by atoms with Gasteiger partial charge in [-0.2, -0.15) is 0 Å². The van der Waals surface area contributed by atoms with Gasteiger partial charge >= 0.3 is 0 Å². The lowest BCUT2D eigenvalue weighted by Gasteiger charge is -2.31. The number of nitrogens with one attached hydrogen (secondary N) is 1. The van der Waals surface area contributed by atoms with Crippen LogP contribution in [0.25, 0.3) is 0 Å². The van der Waals surface area contributed by atoms with Gasteiger partial charge in [0.05, 0.1) is 0 Å². The van der Waals surface area contributed by atoms with Gasteiger partial charge in [0.15, 0.2) is 0 Å². The number of hydrogen-bond acceptors (Lipinski definition) is 1. The summed E-state index contributed by atoms with van der Waals surface area (Å²) in [6.07, 6.45) is 3.76. The minimum atomic E-state index is 0.525. The fraction of sp³-hybridized carbons (Fsp3) is 0.538. The van der Waals surface area contributed by atoms with Crippen molar-refractivity contribution in [3.05, 3.63) is 35.4 Å². The molecule has 0 saturated heterocycles. The van der Waals surface area contributed by atoms with E-state index in [-0.39, 0.29) is 0 Å². The second-order valence-corrected chi connectivity index (χ2v) is 4.28. The highest BCUT2D eigenvalue weighted by atomic mass is 15.0. The molecule has 1 nitrogen and oxygen atoms in total. The Balaban J connectivity index is 2.20. The first kappa shape index (κ1) is 9.72. The zero-order valence-corrected chi connectivity index (χ0v) is 9.09. The van der Waals surface area contributed by atoms with E-state index in [1.807, 2.05) is 0 Å². The van der Waals surface area contributed by atoms with Crippen molar-refractivity contribution in [2.24, 2.45) is 0 Å². The average Bonchev–Trinajstić information content (AvgIpc) is 2.18. The van der Waals surface area contributed by atoms with Crippen molar-refractivity contribution in [1.82, 2.24) is 5.32 Å². The lowest BCUT2D eigenvalue weighted by atomic mass is 9.89. The molecular weight excluding hydrogens is 170 g/mol. The van der Waals surface area contributed by atoms with Crippen molar-refractivity contribution in [1.29, 1.82) is 0 Å². The third kappa shape index (κ3) is 1.83. The van der Waals surface area contributed by atoms with E-state index in [4.69, 9.17) is 0 Å². The van der Waals surface area contributed by atoms with Crippen molar-refractivity contribution in [3.8, 4) is 0 Å². The summed E-state index contributed by atoms with van der Waals surface area (Å²) in [5.74, 6) is 0. The van der Waals surface area contributed by atoms with Crippen LogP contribution < -0.4 is 5.32 Å². The van der Waals surface area contributed by atoms with Crippen LogP contribution in [0.4, 0.5) is 0 Å². The summed E-state index contributed by atoms with van der Waals surface area (Å²) in [5, 5.41) is 3.67. The molecule has 2 unspecified atom stereocenters. The van der Waals surface area contributed by atoms with Gasteiger partial charge in [0.1, 0.15) is 0 Å². The summed E-state index contributed by atoms with van der Waals surface area (Å²) in [6, 6.07) is 10.0. The molecule has 0 radical (unpaired) electrons. The van der Waals surface area contributed by atoms with Crippen molar-refractivity contribution in [2.75, 3.05) is 0 Å². The van der Waals surface area contributed by atoms with Crippen molar-refractivity contribution in [2.45, 2.75) is 45.2 Å². The number of fused-ring (bicyclic) bond motifs is 1. The van der Waals surface area contributed by atoms with Crippen LogP contribution >= 0.6 is 0 Å². The molecule has 0 aliphatic carbocycles. The van der Waals surface area contributed by atoms with Gasteiger partial charge in [0.2, 0.25) is 0 Å². The first-order valence-corrected chi connectivity index (χ1v) is 5.65. The van der Waals surface area contributed by atoms with Crippen LogP contribution in [-0.4, -0.2) is 6.04 Å². The normalized spacial score (nSPS) is 25.9. The molecule has 0 fully saturated rings. The molecule has 76 valence electrons. The first-order valence-electron chi connectivity index (χ1n) is 5.65. The quantitative estimate of drug-likeness (QED) is 0.754.